The van der Waals surface area contributed by atoms with Gasteiger partial charge in [-0.25, -0.2) is 4.79 Å². The van der Waals surface area contributed by atoms with Crippen LogP contribution < -0.4 is 10.5 Å². The molecule has 0 saturated heterocycles. The summed E-state index contributed by atoms with van der Waals surface area (Å²) in [6.45, 7) is -0.575. The van der Waals surface area contributed by atoms with E-state index in [1.54, 1.807) is 30.3 Å². The topological polar surface area (TPSA) is 93.9 Å². The molecule has 152 valence electrons. The molecule has 1 aromatic heterocycles. The molecule has 0 spiro atoms. The van der Waals surface area contributed by atoms with E-state index < -0.39 is 29.8 Å². The first kappa shape index (κ1) is 18.7. The first-order valence-corrected chi connectivity index (χ1v) is 9.58. The molecule has 0 unspecified atom stereocenters. The van der Waals surface area contributed by atoms with Crippen molar-refractivity contribution in [2.24, 2.45) is 0 Å². The van der Waals surface area contributed by atoms with Crippen molar-refractivity contribution in [2.45, 2.75) is 6.61 Å². The number of carbonyl (C=O) groups excluding carboxylic acids is 3. The zero-order valence-corrected chi connectivity index (χ0v) is 16.2. The normalized spacial score (nSPS) is 13.1. The molecule has 0 radical (unpaired) electrons. The Hall–Kier alpha value is -4.26. The molecule has 7 nitrogen and oxygen atoms in total. The highest BCUT2D eigenvalue weighted by Gasteiger charge is 2.36. The van der Waals surface area contributed by atoms with Crippen molar-refractivity contribution in [3.63, 3.8) is 0 Å². The van der Waals surface area contributed by atoms with E-state index in [-0.39, 0.29) is 12.2 Å². The number of nitrogens with zero attached hydrogens (tertiary/aromatic N) is 1. The average Bonchev–Trinajstić information content (AvgIpc) is 3.02. The van der Waals surface area contributed by atoms with Gasteiger partial charge in [-0.3, -0.25) is 19.3 Å². The van der Waals surface area contributed by atoms with Crippen LogP contribution in [0.1, 0.15) is 15.9 Å². The molecule has 1 amide bonds. The number of esters is 1. The highest BCUT2D eigenvalue weighted by Crippen LogP contribution is 2.29. The molecule has 7 heteroatoms. The van der Waals surface area contributed by atoms with Gasteiger partial charge in [0.1, 0.15) is 18.7 Å². The van der Waals surface area contributed by atoms with Crippen molar-refractivity contribution in [3.8, 4) is 0 Å². The molecule has 5 rings (SSSR count). The predicted molar refractivity (Wildman–Crippen MR) is 113 cm³/mol. The van der Waals surface area contributed by atoms with Gasteiger partial charge in [-0.15, -0.1) is 0 Å². The zero-order chi connectivity index (χ0) is 21.5. The number of para-hydroxylation sites is 1. The smallest absolute Gasteiger partial charge is 0.336 e. The molecule has 0 fully saturated rings. The van der Waals surface area contributed by atoms with Gasteiger partial charge in [0.25, 0.3) is 11.7 Å². The van der Waals surface area contributed by atoms with E-state index in [2.05, 4.69) is 0 Å². The molecule has 1 aliphatic heterocycles. The molecular weight excluding hydrogens is 398 g/mol. The summed E-state index contributed by atoms with van der Waals surface area (Å²) in [7, 11) is 0. The Kier molecular flexibility index (Phi) is 4.36. The van der Waals surface area contributed by atoms with E-state index in [0.717, 1.165) is 15.7 Å². The third kappa shape index (κ3) is 3.16. The summed E-state index contributed by atoms with van der Waals surface area (Å²) in [6.07, 6.45) is 0. The van der Waals surface area contributed by atoms with Crippen molar-refractivity contribution < 1.29 is 23.5 Å². The number of Topliss-reactive ketones (excluding diaryl/α,β-unsaturated/α-hetero) is 1. The van der Waals surface area contributed by atoms with E-state index in [9.17, 15) is 19.2 Å². The average molecular weight is 413 g/mol. The predicted octanol–water partition coefficient (Wildman–Crippen LogP) is 3.22. The van der Waals surface area contributed by atoms with Crippen molar-refractivity contribution in [1.29, 1.82) is 0 Å². The Labute approximate surface area is 175 Å². The minimum absolute atomic E-state index is 0.174. The highest BCUT2D eigenvalue weighted by molar-refractivity contribution is 6.52. The molecule has 1 aliphatic rings. The molecule has 0 aliphatic carbocycles. The highest BCUT2D eigenvalue weighted by atomic mass is 16.5. The molecule has 0 N–H and O–H groups in total. The van der Waals surface area contributed by atoms with E-state index in [1.165, 1.54) is 6.07 Å². The first-order chi connectivity index (χ1) is 15.0. The second-order valence-corrected chi connectivity index (χ2v) is 7.15. The minimum atomic E-state index is -0.769. The summed E-state index contributed by atoms with van der Waals surface area (Å²) in [5, 5.41) is 2.50. The Bertz CT molecular complexity index is 1450. The fourth-order valence-corrected chi connectivity index (χ4v) is 3.87. The van der Waals surface area contributed by atoms with Crippen LogP contribution in [-0.4, -0.2) is 24.2 Å². The van der Waals surface area contributed by atoms with Gasteiger partial charge in [0, 0.05) is 17.0 Å². The lowest BCUT2D eigenvalue weighted by Gasteiger charge is -2.16. The van der Waals surface area contributed by atoms with E-state index in [4.69, 9.17) is 9.15 Å². The Morgan fingerprint density at radius 3 is 2.58 bits per heavy atom. The number of ketones is 1. The van der Waals surface area contributed by atoms with Gasteiger partial charge in [-0.05, 0) is 29.0 Å². The molecule has 0 atom stereocenters. The maximum Gasteiger partial charge on any atom is 0.336 e. The quantitative estimate of drug-likeness (QED) is 0.221. The van der Waals surface area contributed by atoms with Crippen molar-refractivity contribution >= 4 is 45.1 Å². The summed E-state index contributed by atoms with van der Waals surface area (Å²) < 4.78 is 10.7. The number of hydrogen-bond acceptors (Lipinski definition) is 6. The maximum absolute atomic E-state index is 12.5. The number of anilines is 1. The van der Waals surface area contributed by atoms with Crippen LogP contribution >= 0.6 is 0 Å². The van der Waals surface area contributed by atoms with E-state index in [0.29, 0.717) is 22.2 Å². The zero-order valence-electron chi connectivity index (χ0n) is 16.2. The Morgan fingerprint density at radius 1 is 0.935 bits per heavy atom. The van der Waals surface area contributed by atoms with Gasteiger partial charge in [0.2, 0.25) is 0 Å². The van der Waals surface area contributed by atoms with Crippen LogP contribution in [-0.2, 0) is 20.9 Å². The first-order valence-electron chi connectivity index (χ1n) is 9.58. The van der Waals surface area contributed by atoms with Crippen LogP contribution in [0.25, 0.3) is 21.7 Å². The van der Waals surface area contributed by atoms with Crippen molar-refractivity contribution in [1.82, 2.24) is 0 Å². The van der Waals surface area contributed by atoms with Crippen LogP contribution in [0.15, 0.2) is 75.9 Å². The summed E-state index contributed by atoms with van der Waals surface area (Å²) in [4.78, 5) is 49.9. The molecular formula is C24H15NO6. The molecule has 3 aromatic carbocycles. The van der Waals surface area contributed by atoms with Gasteiger partial charge in [-0.1, -0.05) is 42.5 Å². The Balaban J connectivity index is 1.42. The lowest BCUT2D eigenvalue weighted by molar-refractivity contribution is -0.143. The summed E-state index contributed by atoms with van der Waals surface area (Å²) in [5.74, 6) is -2.11. The third-order valence-electron chi connectivity index (χ3n) is 5.27. The van der Waals surface area contributed by atoms with Crippen LogP contribution in [0.5, 0.6) is 0 Å². The van der Waals surface area contributed by atoms with E-state index in [1.807, 2.05) is 30.3 Å². The van der Waals surface area contributed by atoms with Crippen molar-refractivity contribution in [3.05, 3.63) is 88.3 Å². The van der Waals surface area contributed by atoms with Crippen molar-refractivity contribution in [2.75, 3.05) is 11.4 Å². The van der Waals surface area contributed by atoms with Gasteiger partial charge in [0.15, 0.2) is 0 Å². The molecule has 2 heterocycles. The minimum Gasteiger partial charge on any atom is -0.459 e. The number of ether oxygens (including phenoxy) is 1. The molecule has 0 bridgehead atoms. The third-order valence-corrected chi connectivity index (χ3v) is 5.27. The van der Waals surface area contributed by atoms with Crippen LogP contribution in [0.3, 0.4) is 0 Å². The fourth-order valence-electron chi connectivity index (χ4n) is 3.87. The number of carbonyl (C=O) groups is 3. The molecule has 31 heavy (non-hydrogen) atoms. The van der Waals surface area contributed by atoms with Gasteiger partial charge in [-0.2, -0.15) is 0 Å². The summed E-state index contributed by atoms with van der Waals surface area (Å²) in [6, 6.07) is 18.9. The SMILES string of the molecule is O=C(CN1C(=O)C(=O)c2ccccc21)OCc1cc(=O)oc2ccc3ccccc3c12. The largest absolute Gasteiger partial charge is 0.459 e. The molecule has 4 aromatic rings. The number of rotatable bonds is 4. The van der Waals surface area contributed by atoms with Crippen LogP contribution in [0.4, 0.5) is 5.69 Å². The van der Waals surface area contributed by atoms with Gasteiger partial charge >= 0.3 is 11.6 Å². The summed E-state index contributed by atoms with van der Waals surface area (Å²) >= 11 is 0. The Morgan fingerprint density at radius 2 is 1.71 bits per heavy atom. The van der Waals surface area contributed by atoms with Gasteiger partial charge in [0.05, 0.1) is 11.3 Å². The lowest BCUT2D eigenvalue weighted by Crippen LogP contribution is -2.35. The number of hydrogen-bond donors (Lipinski definition) is 0. The fraction of sp³-hybridized carbons (Fsp3) is 0.0833. The second-order valence-electron chi connectivity index (χ2n) is 7.15. The van der Waals surface area contributed by atoms with Crippen LogP contribution in [0.2, 0.25) is 0 Å². The van der Waals surface area contributed by atoms with Crippen LogP contribution in [0, 0.1) is 0 Å². The monoisotopic (exact) mass is 413 g/mol. The molecule has 0 saturated carbocycles. The second kappa shape index (κ2) is 7.21. The number of fused-ring (bicyclic) bond motifs is 4. The maximum atomic E-state index is 12.5. The van der Waals surface area contributed by atoms with Gasteiger partial charge < -0.3 is 9.15 Å². The number of benzene rings is 3. The van der Waals surface area contributed by atoms with E-state index >= 15 is 0 Å². The lowest BCUT2D eigenvalue weighted by atomic mass is 10.0. The number of amides is 1. The standard InChI is InChI=1S/C24H15NO6/c26-20-11-15(22-16-6-2-1-5-14(16)9-10-19(22)31-20)13-30-21(27)12-25-18-8-4-3-7-17(18)23(28)24(25)29/h1-11H,12-13H2. The summed E-state index contributed by atoms with van der Waals surface area (Å²) in [5.41, 5.74) is 0.986.